The third-order valence-corrected chi connectivity index (χ3v) is 2.52. The Balaban J connectivity index is 1.87. The quantitative estimate of drug-likeness (QED) is 0.439. The van der Waals surface area contributed by atoms with E-state index in [0.717, 1.165) is 13.0 Å². The van der Waals surface area contributed by atoms with Crippen LogP contribution in [0.1, 0.15) is 6.42 Å². The smallest absolute Gasteiger partial charge is 0.0718 e. The molecule has 10 heavy (non-hydrogen) atoms. The number of nitrogens with zero attached hydrogens (tertiary/aromatic N) is 2. The van der Waals surface area contributed by atoms with Crippen LogP contribution in [0, 0.1) is 0 Å². The maximum absolute atomic E-state index is 5.68. The lowest BCUT2D eigenvalue weighted by molar-refractivity contribution is -0.0175. The second-order valence-electron chi connectivity index (χ2n) is 3.21. The predicted octanol–water partition coefficient (Wildman–Crippen LogP) is -1.47. The van der Waals surface area contributed by atoms with E-state index < -0.39 is 0 Å². The van der Waals surface area contributed by atoms with Crippen molar-refractivity contribution >= 4 is 0 Å². The van der Waals surface area contributed by atoms with Crippen LogP contribution in [0.15, 0.2) is 0 Å². The van der Waals surface area contributed by atoms with Crippen LogP contribution in [0.4, 0.5) is 0 Å². The summed E-state index contributed by atoms with van der Waals surface area (Å²) in [5, 5.41) is 0. The topological polar surface area (TPSA) is 58.3 Å². The van der Waals surface area contributed by atoms with Gasteiger partial charge in [-0.2, -0.15) is 0 Å². The fourth-order valence-electron chi connectivity index (χ4n) is 1.51. The van der Waals surface area contributed by atoms with Gasteiger partial charge in [0, 0.05) is 13.0 Å². The van der Waals surface area contributed by atoms with Crippen LogP contribution in [0.25, 0.3) is 0 Å². The van der Waals surface area contributed by atoms with Gasteiger partial charge in [-0.25, -0.2) is 0 Å². The maximum atomic E-state index is 5.68. The van der Waals surface area contributed by atoms with Crippen molar-refractivity contribution in [2.24, 2.45) is 11.5 Å². The van der Waals surface area contributed by atoms with E-state index in [9.17, 15) is 0 Å². The van der Waals surface area contributed by atoms with Gasteiger partial charge in [0.25, 0.3) is 0 Å². The molecule has 0 spiro atoms. The molecule has 0 saturated carbocycles. The van der Waals surface area contributed by atoms with Gasteiger partial charge < -0.3 is 11.5 Å². The van der Waals surface area contributed by atoms with Crippen LogP contribution in [0.5, 0.6) is 0 Å². The number of rotatable bonds is 1. The minimum atomic E-state index is 0.262. The molecule has 0 aromatic carbocycles. The second kappa shape index (κ2) is 1.92. The molecule has 0 aromatic rings. The van der Waals surface area contributed by atoms with Crippen molar-refractivity contribution in [2.45, 2.75) is 24.9 Å². The van der Waals surface area contributed by atoms with Gasteiger partial charge in [0.2, 0.25) is 0 Å². The first-order chi connectivity index (χ1) is 4.70. The van der Waals surface area contributed by atoms with Gasteiger partial charge in [0.1, 0.15) is 0 Å². The standard InChI is InChI=1S/C6H14N4/c1-9-4(7)2-6(9)10-3-5(10)8/h4-6H,2-3,7-8H2,1H3. The van der Waals surface area contributed by atoms with E-state index in [1.807, 2.05) is 7.05 Å². The van der Waals surface area contributed by atoms with Crippen LogP contribution in [-0.4, -0.2) is 41.9 Å². The molecule has 2 fully saturated rings. The lowest BCUT2D eigenvalue weighted by Crippen LogP contribution is -2.61. The fraction of sp³-hybridized carbons (Fsp3) is 1.00. The van der Waals surface area contributed by atoms with Gasteiger partial charge in [-0.3, -0.25) is 9.80 Å². The summed E-state index contributed by atoms with van der Waals surface area (Å²) in [4.78, 5) is 4.41. The molecule has 2 aliphatic heterocycles. The molecule has 58 valence electrons. The molecular formula is C6H14N4. The Bertz CT molecular complexity index is 147. The van der Waals surface area contributed by atoms with Crippen molar-refractivity contribution in [3.63, 3.8) is 0 Å². The Kier molecular flexibility index (Phi) is 1.25. The van der Waals surface area contributed by atoms with Crippen molar-refractivity contribution in [1.29, 1.82) is 0 Å². The minimum Gasteiger partial charge on any atom is -0.316 e. The van der Waals surface area contributed by atoms with Gasteiger partial charge in [-0.15, -0.1) is 0 Å². The minimum absolute atomic E-state index is 0.262. The van der Waals surface area contributed by atoms with E-state index in [2.05, 4.69) is 9.80 Å². The summed E-state index contributed by atoms with van der Waals surface area (Å²) >= 11 is 0. The highest BCUT2D eigenvalue weighted by molar-refractivity contribution is 4.96. The molecule has 2 rings (SSSR count). The number of nitrogens with two attached hydrogens (primary N) is 2. The Morgan fingerprint density at radius 3 is 2.20 bits per heavy atom. The first-order valence-electron chi connectivity index (χ1n) is 3.69. The van der Waals surface area contributed by atoms with Gasteiger partial charge in [-0.05, 0) is 7.05 Å². The zero-order chi connectivity index (χ0) is 7.30. The molecule has 2 aliphatic rings. The van der Waals surface area contributed by atoms with Crippen molar-refractivity contribution in [1.82, 2.24) is 9.80 Å². The lowest BCUT2D eigenvalue weighted by atomic mass is 10.1. The highest BCUT2D eigenvalue weighted by Gasteiger charge is 2.45. The Labute approximate surface area is 60.8 Å². The highest BCUT2D eigenvalue weighted by Crippen LogP contribution is 2.29. The van der Waals surface area contributed by atoms with E-state index in [0.29, 0.717) is 12.3 Å². The summed E-state index contributed by atoms with van der Waals surface area (Å²) in [6.07, 6.45) is 2.17. The van der Waals surface area contributed by atoms with Crippen molar-refractivity contribution in [3.05, 3.63) is 0 Å². The first kappa shape index (κ1) is 6.54. The van der Waals surface area contributed by atoms with E-state index >= 15 is 0 Å². The summed E-state index contributed by atoms with van der Waals surface area (Å²) in [5.41, 5.74) is 11.3. The number of likely N-dealkylation sites (tertiary alicyclic amines) is 1. The molecule has 0 aliphatic carbocycles. The van der Waals surface area contributed by atoms with Crippen LogP contribution in [0.3, 0.4) is 0 Å². The van der Waals surface area contributed by atoms with Gasteiger partial charge in [0.05, 0.1) is 18.5 Å². The van der Waals surface area contributed by atoms with E-state index in [1.54, 1.807) is 0 Å². The molecule has 0 aromatic heterocycles. The summed E-state index contributed by atoms with van der Waals surface area (Å²) in [6.45, 7) is 1.04. The zero-order valence-electron chi connectivity index (χ0n) is 6.20. The van der Waals surface area contributed by atoms with Gasteiger partial charge >= 0.3 is 0 Å². The van der Waals surface area contributed by atoms with E-state index in [-0.39, 0.29) is 6.17 Å². The molecule has 2 saturated heterocycles. The molecule has 2 heterocycles. The first-order valence-corrected chi connectivity index (χ1v) is 3.69. The molecule has 0 bridgehead atoms. The molecular weight excluding hydrogens is 128 g/mol. The number of hydrogen-bond acceptors (Lipinski definition) is 4. The average Bonchev–Trinajstić information content (AvgIpc) is 2.60. The van der Waals surface area contributed by atoms with Gasteiger partial charge in [-0.1, -0.05) is 0 Å². The summed E-state index contributed by atoms with van der Waals surface area (Å²) < 4.78 is 0. The molecule has 0 amide bonds. The van der Waals surface area contributed by atoms with Crippen LogP contribution in [0.2, 0.25) is 0 Å². The Morgan fingerprint density at radius 2 is 1.90 bits per heavy atom. The molecule has 4 nitrogen and oxygen atoms in total. The molecule has 4 unspecified atom stereocenters. The van der Waals surface area contributed by atoms with Crippen LogP contribution in [-0.2, 0) is 0 Å². The fourth-order valence-corrected chi connectivity index (χ4v) is 1.51. The van der Waals surface area contributed by atoms with Crippen molar-refractivity contribution in [3.8, 4) is 0 Å². The third kappa shape index (κ3) is 0.769. The maximum Gasteiger partial charge on any atom is 0.0718 e. The monoisotopic (exact) mass is 142 g/mol. The van der Waals surface area contributed by atoms with Crippen molar-refractivity contribution < 1.29 is 0 Å². The Hall–Kier alpha value is -0.160. The molecule has 0 radical (unpaired) electrons. The van der Waals surface area contributed by atoms with Crippen LogP contribution >= 0.6 is 0 Å². The van der Waals surface area contributed by atoms with Crippen molar-refractivity contribution in [2.75, 3.05) is 13.6 Å². The third-order valence-electron chi connectivity index (χ3n) is 2.52. The zero-order valence-corrected chi connectivity index (χ0v) is 6.20. The number of hydrogen-bond donors (Lipinski definition) is 2. The summed E-state index contributed by atoms with van der Waals surface area (Å²) in [5.74, 6) is 0. The van der Waals surface area contributed by atoms with E-state index in [1.165, 1.54) is 0 Å². The highest BCUT2D eigenvalue weighted by atomic mass is 15.5. The average molecular weight is 142 g/mol. The van der Waals surface area contributed by atoms with E-state index in [4.69, 9.17) is 11.5 Å². The SMILES string of the molecule is CN1C(N)CC1N1CC1N. The normalized spacial score (nSPS) is 54.3. The molecule has 4 heteroatoms. The summed E-state index contributed by atoms with van der Waals surface area (Å²) in [7, 11) is 2.05. The lowest BCUT2D eigenvalue weighted by Gasteiger charge is -2.45. The van der Waals surface area contributed by atoms with Gasteiger partial charge in [0.15, 0.2) is 0 Å². The second-order valence-corrected chi connectivity index (χ2v) is 3.21. The predicted molar refractivity (Wildman–Crippen MR) is 38.8 cm³/mol. The Morgan fingerprint density at radius 1 is 1.30 bits per heavy atom. The molecule has 4 atom stereocenters. The largest absolute Gasteiger partial charge is 0.316 e. The van der Waals surface area contributed by atoms with Crippen LogP contribution < -0.4 is 11.5 Å². The summed E-state index contributed by atoms with van der Waals surface area (Å²) in [6, 6.07) is 0. The molecule has 4 N–H and O–H groups in total.